The van der Waals surface area contributed by atoms with Crippen LogP contribution in [-0.2, 0) is 4.74 Å². The first-order valence-corrected chi connectivity index (χ1v) is 3.10. The number of aliphatic hydroxyl groups excluding tert-OH is 2. The van der Waals surface area contributed by atoms with E-state index in [9.17, 15) is 0 Å². The second-order valence-corrected chi connectivity index (χ2v) is 1.73. The van der Waals surface area contributed by atoms with Crippen molar-refractivity contribution in [3.05, 3.63) is 6.29 Å². The van der Waals surface area contributed by atoms with Gasteiger partial charge in [0, 0.05) is 6.42 Å². The average molecular weight is 133 g/mol. The standard InChI is InChI=1S/C6H13O3/c1-3-5(7)9-6(8)4-2/h5,7-8H,3-4H2,1-2H3. The Morgan fingerprint density at radius 3 is 2.44 bits per heavy atom. The molecule has 2 N–H and O–H groups in total. The van der Waals surface area contributed by atoms with Crippen LogP contribution in [-0.4, -0.2) is 16.5 Å². The van der Waals surface area contributed by atoms with Crippen LogP contribution in [0.2, 0.25) is 0 Å². The summed E-state index contributed by atoms with van der Waals surface area (Å²) in [6.45, 7) is 3.52. The molecule has 3 heteroatoms. The summed E-state index contributed by atoms with van der Waals surface area (Å²) in [7, 11) is 0. The molecule has 0 aliphatic rings. The van der Waals surface area contributed by atoms with Gasteiger partial charge in [0.25, 0.3) is 0 Å². The van der Waals surface area contributed by atoms with E-state index in [1.807, 2.05) is 0 Å². The van der Waals surface area contributed by atoms with Crippen molar-refractivity contribution < 1.29 is 14.9 Å². The maximum atomic E-state index is 8.76. The quantitative estimate of drug-likeness (QED) is 0.562. The van der Waals surface area contributed by atoms with Crippen LogP contribution in [0.3, 0.4) is 0 Å². The van der Waals surface area contributed by atoms with E-state index < -0.39 is 6.29 Å². The zero-order chi connectivity index (χ0) is 7.28. The molecule has 0 fully saturated rings. The van der Waals surface area contributed by atoms with Crippen LogP contribution >= 0.6 is 0 Å². The van der Waals surface area contributed by atoms with Crippen LogP contribution < -0.4 is 0 Å². The van der Waals surface area contributed by atoms with Crippen molar-refractivity contribution in [2.45, 2.75) is 33.0 Å². The van der Waals surface area contributed by atoms with Gasteiger partial charge in [-0.25, -0.2) is 0 Å². The lowest BCUT2D eigenvalue weighted by Crippen LogP contribution is -2.13. The molecule has 0 aromatic heterocycles. The van der Waals surface area contributed by atoms with E-state index >= 15 is 0 Å². The minimum absolute atomic E-state index is 0.107. The van der Waals surface area contributed by atoms with Gasteiger partial charge in [-0.3, -0.25) is 0 Å². The van der Waals surface area contributed by atoms with Crippen molar-refractivity contribution in [1.82, 2.24) is 0 Å². The number of hydrogen-bond donors (Lipinski definition) is 2. The second-order valence-electron chi connectivity index (χ2n) is 1.73. The topological polar surface area (TPSA) is 49.7 Å². The van der Waals surface area contributed by atoms with Crippen molar-refractivity contribution in [2.75, 3.05) is 0 Å². The Kier molecular flexibility index (Phi) is 4.67. The maximum absolute atomic E-state index is 8.76. The van der Waals surface area contributed by atoms with E-state index in [0.29, 0.717) is 12.8 Å². The molecule has 0 aliphatic carbocycles. The molecule has 0 saturated carbocycles. The van der Waals surface area contributed by atoms with Crippen molar-refractivity contribution in [2.24, 2.45) is 0 Å². The van der Waals surface area contributed by atoms with Crippen LogP contribution in [0.15, 0.2) is 0 Å². The fourth-order valence-corrected chi connectivity index (χ4v) is 0.324. The Morgan fingerprint density at radius 1 is 1.56 bits per heavy atom. The van der Waals surface area contributed by atoms with Gasteiger partial charge in [0.1, 0.15) is 0 Å². The molecule has 1 radical (unpaired) electrons. The highest BCUT2D eigenvalue weighted by molar-refractivity contribution is 4.57. The van der Waals surface area contributed by atoms with E-state index in [-0.39, 0.29) is 6.29 Å². The molecule has 3 nitrogen and oxygen atoms in total. The van der Waals surface area contributed by atoms with Gasteiger partial charge in [-0.1, -0.05) is 13.8 Å². The first-order chi connectivity index (χ1) is 4.20. The smallest absolute Gasteiger partial charge is 0.223 e. The Bertz CT molecular complexity index is 57.3. The van der Waals surface area contributed by atoms with E-state index in [1.165, 1.54) is 0 Å². The fraction of sp³-hybridized carbons (Fsp3) is 0.833. The zero-order valence-corrected chi connectivity index (χ0v) is 5.79. The molecule has 0 heterocycles. The molecule has 1 unspecified atom stereocenters. The molecule has 0 aromatic carbocycles. The summed E-state index contributed by atoms with van der Waals surface area (Å²) in [4.78, 5) is 0. The van der Waals surface area contributed by atoms with Crippen LogP contribution in [0.25, 0.3) is 0 Å². The van der Waals surface area contributed by atoms with Gasteiger partial charge >= 0.3 is 0 Å². The van der Waals surface area contributed by atoms with Crippen molar-refractivity contribution in [3.8, 4) is 0 Å². The van der Waals surface area contributed by atoms with Crippen LogP contribution in [0.5, 0.6) is 0 Å². The fourth-order valence-electron chi connectivity index (χ4n) is 0.324. The summed E-state index contributed by atoms with van der Waals surface area (Å²) in [5.41, 5.74) is 0. The molecular formula is C6H13O3. The molecule has 0 aliphatic heterocycles. The zero-order valence-electron chi connectivity index (χ0n) is 5.79. The molecular weight excluding hydrogens is 120 g/mol. The third-order valence-electron chi connectivity index (χ3n) is 0.924. The van der Waals surface area contributed by atoms with Crippen molar-refractivity contribution >= 4 is 0 Å². The van der Waals surface area contributed by atoms with Crippen molar-refractivity contribution in [1.29, 1.82) is 0 Å². The highest BCUT2D eigenvalue weighted by Crippen LogP contribution is 2.06. The molecule has 0 amide bonds. The summed E-state index contributed by atoms with van der Waals surface area (Å²) < 4.78 is 4.58. The molecule has 0 saturated heterocycles. The minimum Gasteiger partial charge on any atom is -0.368 e. The van der Waals surface area contributed by atoms with Crippen LogP contribution in [0, 0.1) is 6.29 Å². The predicted octanol–water partition coefficient (Wildman–Crippen LogP) is 1.00. The summed E-state index contributed by atoms with van der Waals surface area (Å²) >= 11 is 0. The number of ether oxygens (including phenoxy) is 1. The van der Waals surface area contributed by atoms with Crippen LogP contribution in [0.1, 0.15) is 26.7 Å². The largest absolute Gasteiger partial charge is 0.368 e. The Labute approximate surface area is 55.3 Å². The second kappa shape index (κ2) is 4.73. The third-order valence-corrected chi connectivity index (χ3v) is 0.924. The first-order valence-electron chi connectivity index (χ1n) is 3.10. The monoisotopic (exact) mass is 133 g/mol. The lowest BCUT2D eigenvalue weighted by atomic mass is 10.4. The Hall–Kier alpha value is -0.120. The lowest BCUT2D eigenvalue weighted by molar-refractivity contribution is -0.145. The van der Waals surface area contributed by atoms with Crippen molar-refractivity contribution in [3.63, 3.8) is 0 Å². The highest BCUT2D eigenvalue weighted by Gasteiger charge is 2.07. The van der Waals surface area contributed by atoms with Gasteiger partial charge in [-0.05, 0) is 6.42 Å². The first kappa shape index (κ1) is 8.88. The Morgan fingerprint density at radius 2 is 2.11 bits per heavy atom. The lowest BCUT2D eigenvalue weighted by Gasteiger charge is -2.11. The number of hydrogen-bond acceptors (Lipinski definition) is 3. The van der Waals surface area contributed by atoms with E-state index in [0.717, 1.165) is 0 Å². The van der Waals surface area contributed by atoms with Gasteiger partial charge in [0.2, 0.25) is 6.29 Å². The molecule has 9 heavy (non-hydrogen) atoms. The summed E-state index contributed by atoms with van der Waals surface area (Å²) in [6, 6.07) is 0. The third kappa shape index (κ3) is 4.39. The molecule has 0 bridgehead atoms. The van der Waals surface area contributed by atoms with Crippen LogP contribution in [0.4, 0.5) is 0 Å². The van der Waals surface area contributed by atoms with Gasteiger partial charge in [0.05, 0.1) is 0 Å². The van der Waals surface area contributed by atoms with Gasteiger partial charge in [-0.2, -0.15) is 0 Å². The van der Waals surface area contributed by atoms with E-state index in [2.05, 4.69) is 4.74 Å². The van der Waals surface area contributed by atoms with E-state index in [1.54, 1.807) is 13.8 Å². The summed E-state index contributed by atoms with van der Waals surface area (Å²) in [5.74, 6) is 0. The number of rotatable bonds is 4. The molecule has 55 valence electrons. The normalized spacial score (nSPS) is 14.3. The Balaban J connectivity index is 3.22. The SMILES string of the molecule is CC[C](O)OC(O)CC. The van der Waals surface area contributed by atoms with Gasteiger partial charge in [0.15, 0.2) is 6.29 Å². The maximum Gasteiger partial charge on any atom is 0.223 e. The van der Waals surface area contributed by atoms with Gasteiger partial charge in [-0.15, -0.1) is 0 Å². The summed E-state index contributed by atoms with van der Waals surface area (Å²) in [6.07, 6.45) is -0.0458. The summed E-state index contributed by atoms with van der Waals surface area (Å²) in [5, 5.41) is 17.5. The minimum atomic E-state index is -0.857. The highest BCUT2D eigenvalue weighted by atomic mass is 16.7. The average Bonchev–Trinajstić information content (AvgIpc) is 1.87. The predicted molar refractivity (Wildman–Crippen MR) is 32.9 cm³/mol. The molecule has 1 atom stereocenters. The van der Waals surface area contributed by atoms with Gasteiger partial charge < -0.3 is 14.9 Å². The number of aliphatic hydroxyl groups is 2. The molecule has 0 rings (SSSR count). The molecule has 0 aromatic rings. The molecule has 0 spiro atoms. The van der Waals surface area contributed by atoms with E-state index in [4.69, 9.17) is 10.2 Å².